The number of carbonyl (C=O) groups excluding carboxylic acids is 1. The van der Waals surface area contributed by atoms with E-state index in [1.165, 1.54) is 23.2 Å². The molecule has 0 bridgehead atoms. The van der Waals surface area contributed by atoms with Gasteiger partial charge < -0.3 is 4.74 Å². The Bertz CT molecular complexity index is 1300. The number of aromatic nitrogens is 5. The molecule has 1 aliphatic carbocycles. The molecule has 0 radical (unpaired) electrons. The fraction of sp³-hybridized carbons (Fsp3) is 0.421. The molecule has 174 valence electrons. The summed E-state index contributed by atoms with van der Waals surface area (Å²) in [7, 11) is 0. The molecule has 0 atom stereocenters. The molecule has 1 saturated carbocycles. The van der Waals surface area contributed by atoms with E-state index in [-0.39, 0.29) is 36.1 Å². The van der Waals surface area contributed by atoms with Crippen LogP contribution in [0.15, 0.2) is 35.6 Å². The van der Waals surface area contributed by atoms with E-state index in [2.05, 4.69) is 15.1 Å². The maximum atomic E-state index is 13.0. The van der Waals surface area contributed by atoms with Crippen molar-refractivity contribution in [1.82, 2.24) is 24.3 Å². The number of hydrogen-bond acceptors (Lipinski definition) is 6. The minimum atomic E-state index is -4.66. The fourth-order valence-corrected chi connectivity index (χ4v) is 4.29. The number of amides is 1. The fourth-order valence-electron chi connectivity index (χ4n) is 4.29. The van der Waals surface area contributed by atoms with Crippen LogP contribution < -0.4 is 10.5 Å². The van der Waals surface area contributed by atoms with Crippen molar-refractivity contribution in [3.8, 4) is 0 Å². The maximum Gasteiger partial charge on any atom is 0.433 e. The van der Waals surface area contributed by atoms with Crippen molar-refractivity contribution in [2.24, 2.45) is 0 Å². The van der Waals surface area contributed by atoms with Crippen LogP contribution in [-0.4, -0.2) is 49.0 Å². The Morgan fingerprint density at radius 3 is 2.67 bits per heavy atom. The highest BCUT2D eigenvalue weighted by Gasteiger charge is 2.55. The summed E-state index contributed by atoms with van der Waals surface area (Å²) >= 11 is 0. The Labute approximate surface area is 181 Å². The third-order valence-corrected chi connectivity index (χ3v) is 5.81. The van der Waals surface area contributed by atoms with Crippen molar-refractivity contribution >= 4 is 22.8 Å². The predicted molar refractivity (Wildman–Crippen MR) is 102 cm³/mol. The summed E-state index contributed by atoms with van der Waals surface area (Å²) in [4.78, 5) is 33.8. The number of alkyl halides is 5. The molecule has 3 aromatic heterocycles. The lowest BCUT2D eigenvalue weighted by Crippen LogP contribution is -2.50. The molecule has 4 heterocycles. The monoisotopic (exact) mass is 470 g/mol. The number of pyridine rings is 1. The molecule has 1 saturated heterocycles. The molecule has 2 aliphatic rings. The first kappa shape index (κ1) is 21.3. The molecule has 14 heteroatoms. The molecule has 0 N–H and O–H groups in total. The van der Waals surface area contributed by atoms with Gasteiger partial charge >= 0.3 is 12.3 Å². The summed E-state index contributed by atoms with van der Waals surface area (Å²) in [5, 5.41) is 3.79. The molecule has 0 unspecified atom stereocenters. The number of fused-ring (bicyclic) bond motifs is 1. The maximum absolute atomic E-state index is 13.0. The van der Waals surface area contributed by atoms with Crippen molar-refractivity contribution in [3.63, 3.8) is 0 Å². The molecule has 0 aromatic carbocycles. The van der Waals surface area contributed by atoms with Crippen LogP contribution in [0.3, 0.4) is 0 Å². The van der Waals surface area contributed by atoms with Crippen LogP contribution in [0.25, 0.3) is 11.0 Å². The van der Waals surface area contributed by atoms with Crippen LogP contribution in [0.5, 0.6) is 0 Å². The molecular weight excluding hydrogens is 455 g/mol. The van der Waals surface area contributed by atoms with Crippen LogP contribution in [0.1, 0.15) is 24.6 Å². The molecule has 33 heavy (non-hydrogen) atoms. The first-order valence-corrected chi connectivity index (χ1v) is 9.81. The summed E-state index contributed by atoms with van der Waals surface area (Å²) in [6, 6.07) is 1.61. The van der Waals surface area contributed by atoms with Crippen molar-refractivity contribution in [1.29, 1.82) is 0 Å². The number of anilines is 1. The van der Waals surface area contributed by atoms with E-state index >= 15 is 0 Å². The number of carbonyl (C=O) groups is 1. The number of halogens is 5. The van der Waals surface area contributed by atoms with Gasteiger partial charge in [-0.1, -0.05) is 0 Å². The standard InChI is InChI=1S/C19H15F5N6O3/c20-14(21)7-30-15-12(6-27-30)26-9-29(16(15)31)11-4-18(5-11)8-28(17(32)33-18)10-1-2-25-13(3-10)19(22,23)24/h1-3,6,9,11,14H,4-5,7-8H2. The second kappa shape index (κ2) is 7.22. The van der Waals surface area contributed by atoms with Gasteiger partial charge in [0.15, 0.2) is 5.52 Å². The highest BCUT2D eigenvalue weighted by Crippen LogP contribution is 2.48. The van der Waals surface area contributed by atoms with Crippen LogP contribution in [0.2, 0.25) is 0 Å². The lowest BCUT2D eigenvalue weighted by Gasteiger charge is -2.43. The average Bonchev–Trinajstić information content (AvgIpc) is 3.28. The lowest BCUT2D eigenvalue weighted by atomic mass is 9.75. The smallest absolute Gasteiger partial charge is 0.433 e. The van der Waals surface area contributed by atoms with E-state index in [0.29, 0.717) is 0 Å². The van der Waals surface area contributed by atoms with Gasteiger partial charge in [-0.15, -0.1) is 0 Å². The van der Waals surface area contributed by atoms with Gasteiger partial charge in [0.05, 0.1) is 24.8 Å². The number of hydrogen-bond donors (Lipinski definition) is 0. The van der Waals surface area contributed by atoms with E-state index < -0.39 is 48.1 Å². The number of rotatable bonds is 4. The minimum Gasteiger partial charge on any atom is -0.440 e. The van der Waals surface area contributed by atoms with Crippen molar-refractivity contribution < 1.29 is 31.5 Å². The minimum absolute atomic E-state index is 0.00111. The first-order valence-electron chi connectivity index (χ1n) is 9.81. The Morgan fingerprint density at radius 1 is 1.21 bits per heavy atom. The van der Waals surface area contributed by atoms with E-state index in [1.807, 2.05) is 0 Å². The quantitative estimate of drug-likeness (QED) is 0.544. The second-order valence-electron chi connectivity index (χ2n) is 8.00. The van der Waals surface area contributed by atoms with Crippen LogP contribution in [0.4, 0.5) is 32.4 Å². The molecule has 2 fully saturated rings. The van der Waals surface area contributed by atoms with Crippen LogP contribution >= 0.6 is 0 Å². The number of ether oxygens (including phenoxy) is 1. The molecule has 5 rings (SSSR count). The highest BCUT2D eigenvalue weighted by molar-refractivity contribution is 5.90. The predicted octanol–water partition coefficient (Wildman–Crippen LogP) is 3.00. The Balaban J connectivity index is 1.36. The van der Waals surface area contributed by atoms with Gasteiger partial charge in [-0.2, -0.15) is 18.3 Å². The summed E-state index contributed by atoms with van der Waals surface area (Å²) in [6.45, 7) is -0.755. The number of nitrogens with zero attached hydrogens (tertiary/aromatic N) is 6. The van der Waals surface area contributed by atoms with E-state index in [1.54, 1.807) is 0 Å². The van der Waals surface area contributed by atoms with Gasteiger partial charge in [0.1, 0.15) is 23.4 Å². The molecule has 9 nitrogen and oxygen atoms in total. The zero-order chi connectivity index (χ0) is 23.5. The van der Waals surface area contributed by atoms with Crippen molar-refractivity contribution in [2.45, 2.75) is 43.6 Å². The SMILES string of the molecule is O=C1OC2(CC(n3cnc4cnn(CC(F)F)c4c3=O)C2)CN1c1ccnc(C(F)(F)F)c1. The van der Waals surface area contributed by atoms with Gasteiger partial charge in [-0.05, 0) is 12.1 Å². The van der Waals surface area contributed by atoms with Crippen LogP contribution in [-0.2, 0) is 17.5 Å². The molecule has 1 aliphatic heterocycles. The third-order valence-electron chi connectivity index (χ3n) is 5.81. The molecule has 1 amide bonds. The molecule has 3 aromatic rings. The summed E-state index contributed by atoms with van der Waals surface area (Å²) < 4.78 is 72.1. The second-order valence-corrected chi connectivity index (χ2v) is 8.00. The van der Waals surface area contributed by atoms with Crippen LogP contribution in [0, 0.1) is 0 Å². The zero-order valence-electron chi connectivity index (χ0n) is 16.7. The largest absolute Gasteiger partial charge is 0.440 e. The van der Waals surface area contributed by atoms with Gasteiger partial charge in [0, 0.05) is 25.1 Å². The van der Waals surface area contributed by atoms with E-state index in [4.69, 9.17) is 4.74 Å². The Kier molecular flexibility index (Phi) is 4.65. The molecule has 1 spiro atoms. The Hall–Kier alpha value is -3.58. The third kappa shape index (κ3) is 3.58. The summed E-state index contributed by atoms with van der Waals surface area (Å²) in [6.07, 6.45) is -4.28. The highest BCUT2D eigenvalue weighted by atomic mass is 19.4. The Morgan fingerprint density at radius 2 is 1.97 bits per heavy atom. The zero-order valence-corrected chi connectivity index (χ0v) is 16.7. The van der Waals surface area contributed by atoms with Gasteiger partial charge in [0.25, 0.3) is 12.0 Å². The normalized spacial score (nSPS) is 22.9. The van der Waals surface area contributed by atoms with Crippen molar-refractivity contribution in [3.05, 3.63) is 46.9 Å². The van der Waals surface area contributed by atoms with Gasteiger partial charge in [-0.3, -0.25) is 23.9 Å². The van der Waals surface area contributed by atoms with E-state index in [9.17, 15) is 31.5 Å². The molecular formula is C19H15F5N6O3. The van der Waals surface area contributed by atoms with Gasteiger partial charge in [-0.25, -0.2) is 18.6 Å². The summed E-state index contributed by atoms with van der Waals surface area (Å²) in [5.41, 5.74) is -2.54. The van der Waals surface area contributed by atoms with Crippen molar-refractivity contribution in [2.75, 3.05) is 11.4 Å². The van der Waals surface area contributed by atoms with Gasteiger partial charge in [0.2, 0.25) is 0 Å². The average molecular weight is 470 g/mol. The first-order chi connectivity index (χ1) is 15.6. The van der Waals surface area contributed by atoms with E-state index in [0.717, 1.165) is 21.8 Å². The topological polar surface area (TPSA) is 95.1 Å². The summed E-state index contributed by atoms with van der Waals surface area (Å²) in [5.74, 6) is 0. The lowest BCUT2D eigenvalue weighted by molar-refractivity contribution is -0.141.